The largest absolute Gasteiger partial charge is 0.316 e. The molecule has 0 saturated heterocycles. The van der Waals surface area contributed by atoms with Crippen LogP contribution >= 0.6 is 0 Å². The van der Waals surface area contributed by atoms with Crippen molar-refractivity contribution in [1.29, 1.82) is 0 Å². The Kier molecular flexibility index (Phi) is 5.81. The fourth-order valence-electron chi connectivity index (χ4n) is 2.56. The van der Waals surface area contributed by atoms with Gasteiger partial charge in [0.15, 0.2) is 0 Å². The average Bonchev–Trinajstić information content (AvgIpc) is 2.85. The minimum absolute atomic E-state index is 0.619. The lowest BCUT2D eigenvalue weighted by atomic mass is 9.93. The van der Waals surface area contributed by atoms with E-state index in [0.717, 1.165) is 25.9 Å². The molecule has 1 aromatic heterocycles. The smallest absolute Gasteiger partial charge is 0.0521 e. The van der Waals surface area contributed by atoms with E-state index in [0.29, 0.717) is 5.92 Å². The summed E-state index contributed by atoms with van der Waals surface area (Å²) >= 11 is 0. The summed E-state index contributed by atoms with van der Waals surface area (Å²) in [6.45, 7) is 4.37. The van der Waals surface area contributed by atoms with Crippen LogP contribution in [0.5, 0.6) is 0 Å². The van der Waals surface area contributed by atoms with Gasteiger partial charge >= 0.3 is 0 Å². The lowest BCUT2D eigenvalue weighted by molar-refractivity contribution is 0.470. The first kappa shape index (κ1) is 14.8. The van der Waals surface area contributed by atoms with Crippen LogP contribution < -0.4 is 5.32 Å². The topological polar surface area (TPSA) is 29.9 Å². The van der Waals surface area contributed by atoms with Crippen molar-refractivity contribution in [3.63, 3.8) is 0 Å². The monoisotopic (exact) mass is 271 g/mol. The van der Waals surface area contributed by atoms with Crippen LogP contribution in [-0.4, -0.2) is 22.9 Å². The van der Waals surface area contributed by atoms with Gasteiger partial charge in [0.25, 0.3) is 0 Å². The fourth-order valence-corrected chi connectivity index (χ4v) is 2.56. The maximum atomic E-state index is 4.27. The Morgan fingerprint density at radius 3 is 2.55 bits per heavy atom. The van der Waals surface area contributed by atoms with Crippen molar-refractivity contribution in [2.75, 3.05) is 13.1 Å². The van der Waals surface area contributed by atoms with Gasteiger partial charge in [0.1, 0.15) is 0 Å². The van der Waals surface area contributed by atoms with Gasteiger partial charge in [0.2, 0.25) is 0 Å². The molecule has 0 fully saturated rings. The number of hydrogen-bond donors (Lipinski definition) is 1. The lowest BCUT2D eigenvalue weighted by Crippen LogP contribution is -2.26. The van der Waals surface area contributed by atoms with Crippen LogP contribution in [0.4, 0.5) is 0 Å². The zero-order valence-corrected chi connectivity index (χ0v) is 12.5. The summed E-state index contributed by atoms with van der Waals surface area (Å²) in [6, 6.07) is 10.8. The Hall–Kier alpha value is -1.61. The van der Waals surface area contributed by atoms with Crippen LogP contribution in [0.25, 0.3) is 0 Å². The van der Waals surface area contributed by atoms with Crippen molar-refractivity contribution in [2.45, 2.75) is 26.2 Å². The van der Waals surface area contributed by atoms with Gasteiger partial charge in [-0.15, -0.1) is 0 Å². The van der Waals surface area contributed by atoms with E-state index >= 15 is 0 Å². The SMILES string of the molecule is CCCNCC(Cc1ccccc1)Cc1cnn(C)c1. The summed E-state index contributed by atoms with van der Waals surface area (Å²) in [5.74, 6) is 0.619. The maximum absolute atomic E-state index is 4.27. The van der Waals surface area contributed by atoms with Gasteiger partial charge in [-0.25, -0.2) is 0 Å². The second-order valence-electron chi connectivity index (χ2n) is 5.49. The number of rotatable bonds is 8. The summed E-state index contributed by atoms with van der Waals surface area (Å²) in [5, 5.41) is 7.82. The summed E-state index contributed by atoms with van der Waals surface area (Å²) in [4.78, 5) is 0. The number of nitrogens with one attached hydrogen (secondary N) is 1. The van der Waals surface area contributed by atoms with E-state index in [-0.39, 0.29) is 0 Å². The predicted molar refractivity (Wildman–Crippen MR) is 83.7 cm³/mol. The molecule has 0 bridgehead atoms. The van der Waals surface area contributed by atoms with E-state index in [4.69, 9.17) is 0 Å². The third-order valence-electron chi connectivity index (χ3n) is 3.51. The summed E-state index contributed by atoms with van der Waals surface area (Å²) in [6.07, 6.45) is 7.49. The zero-order chi connectivity index (χ0) is 14.2. The van der Waals surface area contributed by atoms with Gasteiger partial charge < -0.3 is 5.32 Å². The molecule has 3 heteroatoms. The quantitative estimate of drug-likeness (QED) is 0.748. The highest BCUT2D eigenvalue weighted by molar-refractivity contribution is 5.16. The molecule has 1 aromatic carbocycles. The van der Waals surface area contributed by atoms with E-state index in [2.05, 4.69) is 53.9 Å². The summed E-state index contributed by atoms with van der Waals surface area (Å²) < 4.78 is 1.88. The second-order valence-corrected chi connectivity index (χ2v) is 5.49. The van der Waals surface area contributed by atoms with Crippen LogP contribution in [0, 0.1) is 5.92 Å². The van der Waals surface area contributed by atoms with E-state index in [1.807, 2.05) is 17.9 Å². The van der Waals surface area contributed by atoms with Crippen LogP contribution in [0.2, 0.25) is 0 Å². The molecule has 1 atom stereocenters. The first-order valence-electron chi connectivity index (χ1n) is 7.50. The molecule has 1 heterocycles. The van der Waals surface area contributed by atoms with E-state index in [1.54, 1.807) is 0 Å². The first-order chi connectivity index (χ1) is 9.78. The molecular weight excluding hydrogens is 246 g/mol. The molecule has 108 valence electrons. The Bertz CT molecular complexity index is 490. The van der Waals surface area contributed by atoms with E-state index < -0.39 is 0 Å². The van der Waals surface area contributed by atoms with Gasteiger partial charge in [0.05, 0.1) is 6.20 Å². The van der Waals surface area contributed by atoms with Crippen molar-refractivity contribution >= 4 is 0 Å². The standard InChI is InChI=1S/C17H25N3/c1-3-9-18-12-16(10-15-7-5-4-6-8-15)11-17-13-19-20(2)14-17/h4-8,13-14,16,18H,3,9-12H2,1-2H3. The van der Waals surface area contributed by atoms with Crippen molar-refractivity contribution in [1.82, 2.24) is 15.1 Å². The van der Waals surface area contributed by atoms with E-state index in [1.165, 1.54) is 17.5 Å². The van der Waals surface area contributed by atoms with Gasteiger partial charge in [-0.3, -0.25) is 4.68 Å². The molecule has 20 heavy (non-hydrogen) atoms. The Morgan fingerprint density at radius 2 is 1.90 bits per heavy atom. The van der Waals surface area contributed by atoms with Crippen LogP contribution in [0.1, 0.15) is 24.5 Å². The number of hydrogen-bond acceptors (Lipinski definition) is 2. The minimum atomic E-state index is 0.619. The Labute approximate surface area is 122 Å². The number of benzene rings is 1. The van der Waals surface area contributed by atoms with Crippen LogP contribution in [-0.2, 0) is 19.9 Å². The van der Waals surface area contributed by atoms with Gasteiger partial charge in [-0.2, -0.15) is 5.10 Å². The molecule has 1 unspecified atom stereocenters. The average molecular weight is 271 g/mol. The van der Waals surface area contributed by atoms with E-state index in [9.17, 15) is 0 Å². The minimum Gasteiger partial charge on any atom is -0.316 e. The molecule has 0 amide bonds. The lowest BCUT2D eigenvalue weighted by Gasteiger charge is -2.17. The van der Waals surface area contributed by atoms with Crippen molar-refractivity contribution in [3.05, 3.63) is 53.9 Å². The fraction of sp³-hybridized carbons (Fsp3) is 0.471. The van der Waals surface area contributed by atoms with Gasteiger partial charge in [-0.05, 0) is 49.4 Å². The maximum Gasteiger partial charge on any atom is 0.0521 e. The van der Waals surface area contributed by atoms with Gasteiger partial charge in [0, 0.05) is 13.2 Å². The molecule has 0 aliphatic heterocycles. The molecule has 0 aliphatic carbocycles. The highest BCUT2D eigenvalue weighted by Crippen LogP contribution is 2.14. The second kappa shape index (κ2) is 7.85. The molecule has 0 spiro atoms. The molecule has 2 aromatic rings. The third-order valence-corrected chi connectivity index (χ3v) is 3.51. The van der Waals surface area contributed by atoms with Crippen molar-refractivity contribution < 1.29 is 0 Å². The normalized spacial score (nSPS) is 12.5. The molecule has 1 N–H and O–H groups in total. The third kappa shape index (κ3) is 4.82. The molecule has 2 rings (SSSR count). The first-order valence-corrected chi connectivity index (χ1v) is 7.50. The zero-order valence-electron chi connectivity index (χ0n) is 12.5. The molecule has 0 radical (unpaired) electrons. The highest BCUT2D eigenvalue weighted by Gasteiger charge is 2.11. The van der Waals surface area contributed by atoms with Crippen LogP contribution in [0.15, 0.2) is 42.7 Å². The Balaban J connectivity index is 1.96. The summed E-state index contributed by atoms with van der Waals surface area (Å²) in [7, 11) is 1.98. The molecular formula is C17H25N3. The molecule has 0 aliphatic rings. The number of aryl methyl sites for hydroxylation is 1. The molecule has 3 nitrogen and oxygen atoms in total. The number of nitrogens with zero attached hydrogens (tertiary/aromatic N) is 2. The highest BCUT2D eigenvalue weighted by atomic mass is 15.2. The predicted octanol–water partition coefficient (Wildman–Crippen LogP) is 2.82. The summed E-state index contributed by atoms with van der Waals surface area (Å²) in [5.41, 5.74) is 2.74. The Morgan fingerprint density at radius 1 is 1.15 bits per heavy atom. The van der Waals surface area contributed by atoms with Crippen molar-refractivity contribution in [2.24, 2.45) is 13.0 Å². The van der Waals surface area contributed by atoms with Crippen LogP contribution in [0.3, 0.4) is 0 Å². The van der Waals surface area contributed by atoms with Crippen molar-refractivity contribution in [3.8, 4) is 0 Å². The number of aromatic nitrogens is 2. The molecule has 0 saturated carbocycles. The van der Waals surface area contributed by atoms with Gasteiger partial charge in [-0.1, -0.05) is 37.3 Å².